The summed E-state index contributed by atoms with van der Waals surface area (Å²) in [5, 5.41) is 9.18. The average Bonchev–Trinajstić information content (AvgIpc) is 2.27. The van der Waals surface area contributed by atoms with Gasteiger partial charge in [0.25, 0.3) is 0 Å². The lowest BCUT2D eigenvalue weighted by Gasteiger charge is -2.39. The van der Waals surface area contributed by atoms with E-state index in [0.717, 1.165) is 28.8 Å². The maximum absolute atomic E-state index is 9.18. The zero-order valence-electron chi connectivity index (χ0n) is 10.3. The third-order valence-corrected chi connectivity index (χ3v) is 3.81. The van der Waals surface area contributed by atoms with E-state index in [4.69, 9.17) is 0 Å². The van der Waals surface area contributed by atoms with Gasteiger partial charge in [-0.25, -0.2) is 0 Å². The monoisotopic (exact) mass is 292 g/mol. The summed E-state index contributed by atoms with van der Waals surface area (Å²) in [6, 6.07) is 8.16. The van der Waals surface area contributed by atoms with Crippen LogP contribution in [0.5, 0.6) is 0 Å². The molecule has 2 nitrogen and oxygen atoms in total. The number of nitriles is 1. The van der Waals surface area contributed by atoms with E-state index in [2.05, 4.69) is 46.8 Å². The van der Waals surface area contributed by atoms with E-state index in [0.29, 0.717) is 5.41 Å². The summed E-state index contributed by atoms with van der Waals surface area (Å²) in [6.07, 6.45) is 2.46. The topological polar surface area (TPSA) is 27.0 Å². The molecule has 0 atom stereocenters. The predicted molar refractivity (Wildman–Crippen MR) is 74.1 cm³/mol. The fraction of sp³-hybridized carbons (Fsp3) is 0.500. The fourth-order valence-electron chi connectivity index (χ4n) is 2.49. The van der Waals surface area contributed by atoms with Crippen LogP contribution in [0, 0.1) is 16.7 Å². The zero-order valence-corrected chi connectivity index (χ0v) is 11.9. The number of piperidine rings is 1. The van der Waals surface area contributed by atoms with Gasteiger partial charge in [0.2, 0.25) is 0 Å². The summed E-state index contributed by atoms with van der Waals surface area (Å²) < 4.78 is 1.04. The highest BCUT2D eigenvalue weighted by atomic mass is 79.9. The highest BCUT2D eigenvalue weighted by Gasteiger charge is 2.27. The Morgan fingerprint density at radius 1 is 1.41 bits per heavy atom. The second-order valence-corrected chi connectivity index (χ2v) is 6.38. The van der Waals surface area contributed by atoms with Crippen LogP contribution in [0.4, 0.5) is 5.69 Å². The average molecular weight is 293 g/mol. The Labute approximate surface area is 111 Å². The molecule has 1 saturated heterocycles. The molecular weight excluding hydrogens is 276 g/mol. The Kier molecular flexibility index (Phi) is 3.44. The normalized spacial score (nSPS) is 18.8. The van der Waals surface area contributed by atoms with Crippen LogP contribution >= 0.6 is 15.9 Å². The van der Waals surface area contributed by atoms with Gasteiger partial charge in [0.15, 0.2) is 0 Å². The molecule has 0 aliphatic carbocycles. The van der Waals surface area contributed by atoms with Crippen LogP contribution in [0.1, 0.15) is 32.3 Å². The van der Waals surface area contributed by atoms with E-state index in [9.17, 15) is 5.26 Å². The SMILES string of the molecule is CC1(C)CCCN(c2cc(Br)ccc2C#N)C1. The summed E-state index contributed by atoms with van der Waals surface area (Å²) in [4.78, 5) is 2.34. The highest BCUT2D eigenvalue weighted by Crippen LogP contribution is 2.34. The van der Waals surface area contributed by atoms with Gasteiger partial charge in [0.1, 0.15) is 6.07 Å². The van der Waals surface area contributed by atoms with E-state index in [1.54, 1.807) is 0 Å². The molecule has 1 aliphatic rings. The first-order chi connectivity index (χ1) is 8.02. The van der Waals surface area contributed by atoms with Gasteiger partial charge in [-0.3, -0.25) is 0 Å². The Balaban J connectivity index is 2.33. The van der Waals surface area contributed by atoms with Gasteiger partial charge in [0, 0.05) is 17.6 Å². The molecule has 0 radical (unpaired) electrons. The van der Waals surface area contributed by atoms with Crippen LogP contribution in [0.25, 0.3) is 0 Å². The van der Waals surface area contributed by atoms with Gasteiger partial charge in [-0.15, -0.1) is 0 Å². The maximum Gasteiger partial charge on any atom is 0.101 e. The van der Waals surface area contributed by atoms with Crippen LogP contribution in [0.2, 0.25) is 0 Å². The zero-order chi connectivity index (χ0) is 12.5. The van der Waals surface area contributed by atoms with Gasteiger partial charge in [-0.2, -0.15) is 5.26 Å². The van der Waals surface area contributed by atoms with Crippen LogP contribution in [-0.4, -0.2) is 13.1 Å². The fourth-order valence-corrected chi connectivity index (χ4v) is 2.84. The molecule has 0 aromatic heterocycles. The van der Waals surface area contributed by atoms with Crippen molar-refractivity contribution in [3.8, 4) is 6.07 Å². The first-order valence-corrected chi connectivity index (χ1v) is 6.76. The van der Waals surface area contributed by atoms with Gasteiger partial charge >= 0.3 is 0 Å². The van der Waals surface area contributed by atoms with Crippen molar-refractivity contribution in [2.45, 2.75) is 26.7 Å². The molecule has 2 rings (SSSR count). The van der Waals surface area contributed by atoms with Gasteiger partial charge in [-0.1, -0.05) is 29.8 Å². The van der Waals surface area contributed by atoms with E-state index in [1.165, 1.54) is 12.8 Å². The van der Waals surface area contributed by atoms with Crippen molar-refractivity contribution in [2.24, 2.45) is 5.41 Å². The molecule has 17 heavy (non-hydrogen) atoms. The molecule has 0 amide bonds. The Hall–Kier alpha value is -1.01. The lowest BCUT2D eigenvalue weighted by molar-refractivity contribution is 0.293. The maximum atomic E-state index is 9.18. The molecule has 1 heterocycles. The van der Waals surface area contributed by atoms with Crippen LogP contribution in [-0.2, 0) is 0 Å². The number of rotatable bonds is 1. The molecule has 0 N–H and O–H groups in total. The number of benzene rings is 1. The summed E-state index contributed by atoms with van der Waals surface area (Å²) in [5.74, 6) is 0. The molecule has 1 fully saturated rings. The molecule has 90 valence electrons. The largest absolute Gasteiger partial charge is 0.370 e. The molecule has 0 spiro atoms. The number of hydrogen-bond acceptors (Lipinski definition) is 2. The van der Waals surface area contributed by atoms with Gasteiger partial charge in [-0.05, 0) is 36.5 Å². The van der Waals surface area contributed by atoms with E-state index >= 15 is 0 Å². The highest BCUT2D eigenvalue weighted by molar-refractivity contribution is 9.10. The number of anilines is 1. The van der Waals surface area contributed by atoms with Crippen LogP contribution in [0.15, 0.2) is 22.7 Å². The van der Waals surface area contributed by atoms with Crippen molar-refractivity contribution in [1.82, 2.24) is 0 Å². The number of hydrogen-bond donors (Lipinski definition) is 0. The molecule has 1 aromatic rings. The van der Waals surface area contributed by atoms with Crippen molar-refractivity contribution >= 4 is 21.6 Å². The van der Waals surface area contributed by atoms with E-state index in [-0.39, 0.29) is 0 Å². The minimum Gasteiger partial charge on any atom is -0.370 e. The van der Waals surface area contributed by atoms with E-state index < -0.39 is 0 Å². The van der Waals surface area contributed by atoms with Gasteiger partial charge < -0.3 is 4.90 Å². The van der Waals surface area contributed by atoms with Crippen LogP contribution in [0.3, 0.4) is 0 Å². The Bertz CT molecular complexity index is 460. The molecule has 0 bridgehead atoms. The summed E-state index contributed by atoms with van der Waals surface area (Å²) in [5.41, 5.74) is 2.17. The minimum absolute atomic E-state index is 0.341. The Morgan fingerprint density at radius 3 is 2.82 bits per heavy atom. The second-order valence-electron chi connectivity index (χ2n) is 5.46. The van der Waals surface area contributed by atoms with Gasteiger partial charge in [0.05, 0.1) is 11.3 Å². The summed E-state index contributed by atoms with van der Waals surface area (Å²) >= 11 is 3.48. The molecular formula is C14H17BrN2. The lowest BCUT2D eigenvalue weighted by Crippen LogP contribution is -2.40. The van der Waals surface area contributed by atoms with Crippen molar-refractivity contribution in [3.05, 3.63) is 28.2 Å². The lowest BCUT2D eigenvalue weighted by atomic mass is 9.84. The van der Waals surface area contributed by atoms with Crippen molar-refractivity contribution < 1.29 is 0 Å². The second kappa shape index (κ2) is 4.70. The predicted octanol–water partition coefficient (Wildman–Crippen LogP) is 3.95. The van der Waals surface area contributed by atoms with Crippen molar-refractivity contribution in [1.29, 1.82) is 5.26 Å². The molecule has 3 heteroatoms. The number of nitrogens with zero attached hydrogens (tertiary/aromatic N) is 2. The third-order valence-electron chi connectivity index (χ3n) is 3.32. The molecule has 0 saturated carbocycles. The van der Waals surface area contributed by atoms with Crippen LogP contribution < -0.4 is 4.90 Å². The smallest absolute Gasteiger partial charge is 0.101 e. The standard InChI is InChI=1S/C14H17BrN2/c1-14(2)6-3-7-17(10-14)13-8-12(15)5-4-11(13)9-16/h4-5,8H,3,6-7,10H2,1-2H3. The molecule has 0 unspecified atom stereocenters. The first-order valence-electron chi connectivity index (χ1n) is 5.96. The first kappa shape index (κ1) is 12.4. The minimum atomic E-state index is 0.341. The van der Waals surface area contributed by atoms with E-state index in [1.807, 2.05) is 12.1 Å². The number of halogens is 1. The molecule has 1 aliphatic heterocycles. The quantitative estimate of drug-likeness (QED) is 0.784. The molecule has 1 aromatic carbocycles. The van der Waals surface area contributed by atoms with Crippen molar-refractivity contribution in [2.75, 3.05) is 18.0 Å². The van der Waals surface area contributed by atoms with Crippen molar-refractivity contribution in [3.63, 3.8) is 0 Å². The summed E-state index contributed by atoms with van der Waals surface area (Å²) in [7, 11) is 0. The summed E-state index contributed by atoms with van der Waals surface area (Å²) in [6.45, 7) is 6.67. The Morgan fingerprint density at radius 2 is 2.18 bits per heavy atom. The third kappa shape index (κ3) is 2.81.